The summed E-state index contributed by atoms with van der Waals surface area (Å²) in [7, 11) is 0. The smallest absolute Gasteiger partial charge is 0.223 e. The zero-order valence-corrected chi connectivity index (χ0v) is 18.5. The van der Waals surface area contributed by atoms with E-state index in [1.54, 1.807) is 13.3 Å². The van der Waals surface area contributed by atoms with Gasteiger partial charge in [0, 0.05) is 13.5 Å². The fraction of sp³-hybridized carbons (Fsp3) is 0.222. The van der Waals surface area contributed by atoms with Gasteiger partial charge in [0.2, 0.25) is 11.8 Å². The average Bonchev–Trinajstić information content (AvgIpc) is 3.31. The zero-order chi connectivity index (χ0) is 22.8. The van der Waals surface area contributed by atoms with Gasteiger partial charge in [0.05, 0.1) is 35.9 Å². The molecule has 2 atom stereocenters. The Balaban J connectivity index is 1.44. The molecule has 1 aliphatic rings. The van der Waals surface area contributed by atoms with Crippen molar-refractivity contribution in [3.05, 3.63) is 101 Å². The van der Waals surface area contributed by atoms with Gasteiger partial charge in [-0.15, -0.1) is 0 Å². The Hall–Kier alpha value is -3.93. The summed E-state index contributed by atoms with van der Waals surface area (Å²) in [5, 5.41) is 3.23. The zero-order valence-electron chi connectivity index (χ0n) is 18.5. The molecule has 6 heteroatoms. The number of H-pyrrole nitrogens is 1. The van der Waals surface area contributed by atoms with Gasteiger partial charge in [0.25, 0.3) is 0 Å². The van der Waals surface area contributed by atoms with Crippen molar-refractivity contribution in [1.82, 2.24) is 20.2 Å². The van der Waals surface area contributed by atoms with Crippen molar-refractivity contribution >= 4 is 22.8 Å². The minimum absolute atomic E-state index is 0.00777. The highest BCUT2D eigenvalue weighted by atomic mass is 16.2. The number of hydrogen-bond acceptors (Lipinski definition) is 3. The van der Waals surface area contributed by atoms with E-state index in [1.165, 1.54) is 5.56 Å². The van der Waals surface area contributed by atoms with E-state index in [-0.39, 0.29) is 30.3 Å². The Bertz CT molecular complexity index is 1300. The van der Waals surface area contributed by atoms with Crippen LogP contribution in [0.5, 0.6) is 0 Å². The lowest BCUT2D eigenvalue weighted by Crippen LogP contribution is -2.41. The molecule has 2 heterocycles. The first-order chi connectivity index (χ1) is 16.1. The molecular formula is C27H26N4O2. The first kappa shape index (κ1) is 20.9. The van der Waals surface area contributed by atoms with Crippen LogP contribution in [-0.4, -0.2) is 33.2 Å². The van der Waals surface area contributed by atoms with Crippen LogP contribution in [0, 0.1) is 0 Å². The highest BCUT2D eigenvalue weighted by Gasteiger charge is 2.31. The van der Waals surface area contributed by atoms with E-state index in [2.05, 4.69) is 21.4 Å². The highest BCUT2D eigenvalue weighted by Crippen LogP contribution is 2.33. The summed E-state index contributed by atoms with van der Waals surface area (Å²) in [5.41, 5.74) is 6.04. The van der Waals surface area contributed by atoms with Gasteiger partial charge in [0.1, 0.15) is 0 Å². The number of benzene rings is 3. The quantitative estimate of drug-likeness (QED) is 0.488. The topological polar surface area (TPSA) is 78.1 Å². The van der Waals surface area contributed by atoms with Gasteiger partial charge >= 0.3 is 0 Å². The maximum atomic E-state index is 13.4. The molecule has 1 aromatic heterocycles. The van der Waals surface area contributed by atoms with E-state index < -0.39 is 0 Å². The van der Waals surface area contributed by atoms with Crippen LogP contribution in [0.3, 0.4) is 0 Å². The monoisotopic (exact) mass is 438 g/mol. The van der Waals surface area contributed by atoms with Crippen LogP contribution in [0.4, 0.5) is 0 Å². The number of carbonyl (C=O) groups excluding carboxylic acids is 2. The molecule has 0 saturated carbocycles. The number of nitrogens with zero attached hydrogens (tertiary/aromatic N) is 2. The first-order valence-electron chi connectivity index (χ1n) is 11.2. The van der Waals surface area contributed by atoms with E-state index >= 15 is 0 Å². The van der Waals surface area contributed by atoms with Crippen LogP contribution >= 0.6 is 0 Å². The molecule has 0 bridgehead atoms. The molecule has 166 valence electrons. The fourth-order valence-electron chi connectivity index (χ4n) is 4.78. The van der Waals surface area contributed by atoms with Gasteiger partial charge < -0.3 is 15.2 Å². The molecule has 5 rings (SSSR count). The molecule has 0 saturated heterocycles. The number of carbonyl (C=O) groups is 2. The third-order valence-electron chi connectivity index (χ3n) is 6.41. The van der Waals surface area contributed by atoms with Crippen molar-refractivity contribution < 1.29 is 9.59 Å². The van der Waals surface area contributed by atoms with Crippen molar-refractivity contribution in [2.24, 2.45) is 0 Å². The number of rotatable bonds is 5. The van der Waals surface area contributed by atoms with Crippen LogP contribution in [0.15, 0.2) is 79.1 Å². The number of imidazole rings is 1. The second kappa shape index (κ2) is 8.90. The third kappa shape index (κ3) is 4.24. The SMILES string of the molecule is CC(=O)N1CCc2ccccc2C1CC(=O)NC(c1ccccc1)c1ccc2nc[nH]c2c1. The van der Waals surface area contributed by atoms with Gasteiger partial charge in [-0.05, 0) is 40.8 Å². The summed E-state index contributed by atoms with van der Waals surface area (Å²) in [6.07, 6.45) is 2.69. The number of amides is 2. The van der Waals surface area contributed by atoms with Crippen molar-refractivity contribution in [2.75, 3.05) is 6.54 Å². The largest absolute Gasteiger partial charge is 0.345 e. The van der Waals surface area contributed by atoms with Gasteiger partial charge in [-0.25, -0.2) is 4.98 Å². The van der Waals surface area contributed by atoms with Crippen LogP contribution < -0.4 is 5.32 Å². The van der Waals surface area contributed by atoms with E-state index in [0.717, 1.165) is 34.1 Å². The molecule has 0 spiro atoms. The number of aromatic amines is 1. The minimum atomic E-state index is -0.309. The Morgan fingerprint density at radius 3 is 2.67 bits per heavy atom. The normalized spacial score (nSPS) is 16.3. The number of aromatic nitrogens is 2. The standard InChI is InChI=1S/C27H26N4O2/c1-18(32)31-14-13-19-7-5-6-10-22(19)25(31)16-26(33)30-27(20-8-3-2-4-9-20)21-11-12-23-24(15-21)29-17-28-23/h2-12,15,17,25,27H,13-14,16H2,1H3,(H,28,29)(H,30,33). The van der Waals surface area contributed by atoms with Crippen molar-refractivity contribution in [2.45, 2.75) is 31.8 Å². The summed E-state index contributed by atoms with van der Waals surface area (Å²) in [4.78, 5) is 35.0. The van der Waals surface area contributed by atoms with E-state index in [0.29, 0.717) is 6.54 Å². The molecule has 2 unspecified atom stereocenters. The second-order valence-electron chi connectivity index (χ2n) is 8.47. The molecule has 0 radical (unpaired) electrons. The molecule has 2 N–H and O–H groups in total. The van der Waals surface area contributed by atoms with E-state index in [1.807, 2.05) is 71.6 Å². The number of nitrogens with one attached hydrogen (secondary N) is 2. The predicted octanol–water partition coefficient (Wildman–Crippen LogP) is 4.30. The Morgan fingerprint density at radius 2 is 1.85 bits per heavy atom. The summed E-state index contributed by atoms with van der Waals surface area (Å²) >= 11 is 0. The second-order valence-corrected chi connectivity index (χ2v) is 8.47. The Labute approximate surface area is 192 Å². The van der Waals surface area contributed by atoms with E-state index in [4.69, 9.17) is 0 Å². The summed E-state index contributed by atoms with van der Waals surface area (Å²) in [6, 6.07) is 23.4. The van der Waals surface area contributed by atoms with Crippen LogP contribution in [0.2, 0.25) is 0 Å². The first-order valence-corrected chi connectivity index (χ1v) is 11.2. The molecule has 4 aromatic rings. The lowest BCUT2D eigenvalue weighted by Gasteiger charge is -2.37. The molecule has 6 nitrogen and oxygen atoms in total. The third-order valence-corrected chi connectivity index (χ3v) is 6.41. The van der Waals surface area contributed by atoms with Gasteiger partial charge in [0.15, 0.2) is 0 Å². The van der Waals surface area contributed by atoms with E-state index in [9.17, 15) is 9.59 Å². The fourth-order valence-corrected chi connectivity index (χ4v) is 4.78. The van der Waals surface area contributed by atoms with Crippen LogP contribution in [-0.2, 0) is 16.0 Å². The molecule has 1 aliphatic heterocycles. The molecule has 0 fully saturated rings. The lowest BCUT2D eigenvalue weighted by atomic mass is 9.90. The molecule has 33 heavy (non-hydrogen) atoms. The lowest BCUT2D eigenvalue weighted by molar-refractivity contribution is -0.133. The minimum Gasteiger partial charge on any atom is -0.345 e. The Kier molecular flexibility index (Phi) is 5.65. The van der Waals surface area contributed by atoms with Gasteiger partial charge in [-0.2, -0.15) is 0 Å². The van der Waals surface area contributed by atoms with Crippen molar-refractivity contribution in [3.8, 4) is 0 Å². The molecular weight excluding hydrogens is 412 g/mol. The molecule has 3 aromatic carbocycles. The average molecular weight is 439 g/mol. The van der Waals surface area contributed by atoms with Gasteiger partial charge in [-0.1, -0.05) is 60.7 Å². The van der Waals surface area contributed by atoms with Crippen molar-refractivity contribution in [1.29, 1.82) is 0 Å². The summed E-state index contributed by atoms with van der Waals surface area (Å²) < 4.78 is 0. The van der Waals surface area contributed by atoms with Crippen LogP contribution in [0.1, 0.15) is 47.7 Å². The summed E-state index contributed by atoms with van der Waals surface area (Å²) in [6.45, 7) is 2.20. The molecule has 0 aliphatic carbocycles. The highest BCUT2D eigenvalue weighted by molar-refractivity contribution is 5.81. The number of fused-ring (bicyclic) bond motifs is 2. The Morgan fingerprint density at radius 1 is 1.06 bits per heavy atom. The van der Waals surface area contributed by atoms with Crippen molar-refractivity contribution in [3.63, 3.8) is 0 Å². The van der Waals surface area contributed by atoms with Gasteiger partial charge in [-0.3, -0.25) is 9.59 Å². The summed E-state index contributed by atoms with van der Waals surface area (Å²) in [5.74, 6) is -0.104. The van der Waals surface area contributed by atoms with Crippen LogP contribution in [0.25, 0.3) is 11.0 Å². The maximum Gasteiger partial charge on any atom is 0.223 e. The maximum absolute atomic E-state index is 13.4. The molecule has 2 amide bonds. The number of hydrogen-bond donors (Lipinski definition) is 2. The predicted molar refractivity (Wildman–Crippen MR) is 127 cm³/mol.